The largest absolute Gasteiger partial charge is 0.486 e. The van der Waals surface area contributed by atoms with E-state index in [2.05, 4.69) is 10.0 Å². The van der Waals surface area contributed by atoms with Gasteiger partial charge in [-0.1, -0.05) is 23.7 Å². The van der Waals surface area contributed by atoms with Crippen molar-refractivity contribution in [1.29, 1.82) is 0 Å². The monoisotopic (exact) mass is 396 g/mol. The fourth-order valence-electron chi connectivity index (χ4n) is 2.44. The van der Waals surface area contributed by atoms with Crippen molar-refractivity contribution in [3.05, 3.63) is 53.1 Å². The lowest BCUT2D eigenvalue weighted by Gasteiger charge is -2.26. The number of amides is 1. The highest BCUT2D eigenvalue weighted by Crippen LogP contribution is 2.30. The zero-order valence-corrected chi connectivity index (χ0v) is 15.4. The molecule has 1 amide bonds. The third-order valence-corrected chi connectivity index (χ3v) is 4.49. The highest BCUT2D eigenvalue weighted by Gasteiger charge is 2.22. The molecule has 0 saturated heterocycles. The number of hydrogen-bond acceptors (Lipinski definition) is 5. The van der Waals surface area contributed by atoms with Gasteiger partial charge >= 0.3 is 0 Å². The summed E-state index contributed by atoms with van der Waals surface area (Å²) in [6.07, 6.45) is 0.713. The summed E-state index contributed by atoms with van der Waals surface area (Å²) in [4.78, 5) is 12.3. The molecule has 2 N–H and O–H groups in total. The first kappa shape index (κ1) is 18.3. The maximum absolute atomic E-state index is 12.3. The number of hydrogen-bond donors (Lipinski definition) is 2. The minimum Gasteiger partial charge on any atom is -0.486 e. The summed E-state index contributed by atoms with van der Waals surface area (Å²) < 4.78 is 36.1. The zero-order valence-electron chi connectivity index (χ0n) is 13.9. The lowest BCUT2D eigenvalue weighted by Crippen LogP contribution is -2.40. The van der Waals surface area contributed by atoms with Gasteiger partial charge in [0, 0.05) is 5.69 Å². The third kappa shape index (κ3) is 4.59. The quantitative estimate of drug-likeness (QED) is 0.808. The number of para-hydroxylation sites is 2. The number of nitrogens with one attached hydrogen (secondary N) is 2. The summed E-state index contributed by atoms with van der Waals surface area (Å²) in [6, 6.07) is 11.6. The molecule has 0 aromatic heterocycles. The van der Waals surface area contributed by atoms with E-state index in [0.717, 1.165) is 6.26 Å². The van der Waals surface area contributed by atoms with Gasteiger partial charge in [-0.3, -0.25) is 9.52 Å². The Morgan fingerprint density at radius 3 is 2.65 bits per heavy atom. The molecule has 1 atom stereocenters. The number of benzene rings is 2. The molecular formula is C17H17ClN2O5S. The summed E-state index contributed by atoms with van der Waals surface area (Å²) in [7, 11) is -3.42. The van der Waals surface area contributed by atoms with Gasteiger partial charge < -0.3 is 14.8 Å². The van der Waals surface area contributed by atoms with Crippen LogP contribution < -0.4 is 19.5 Å². The predicted molar refractivity (Wildman–Crippen MR) is 98.6 cm³/mol. The summed E-state index contributed by atoms with van der Waals surface area (Å²) in [6.45, 7) is 0.565. The van der Waals surface area contributed by atoms with E-state index in [9.17, 15) is 13.2 Å². The molecule has 0 saturated carbocycles. The van der Waals surface area contributed by atoms with Gasteiger partial charge in [-0.25, -0.2) is 8.42 Å². The number of carbonyl (C=O) groups excluding carboxylic acids is 1. The Hall–Kier alpha value is -2.45. The van der Waals surface area contributed by atoms with Crippen LogP contribution in [0.25, 0.3) is 0 Å². The van der Waals surface area contributed by atoms with Crippen molar-refractivity contribution in [2.75, 3.05) is 24.1 Å². The Bertz CT molecular complexity index is 933. The van der Waals surface area contributed by atoms with Crippen molar-refractivity contribution in [2.45, 2.75) is 6.10 Å². The summed E-state index contributed by atoms with van der Waals surface area (Å²) in [5.74, 6) is 0.919. The van der Waals surface area contributed by atoms with Crippen molar-refractivity contribution in [2.24, 2.45) is 0 Å². The first-order valence-electron chi connectivity index (χ1n) is 7.76. The molecule has 0 radical (unpaired) electrons. The molecule has 9 heteroatoms. The molecule has 1 heterocycles. The normalized spacial score (nSPS) is 16.0. The second-order valence-electron chi connectivity index (χ2n) is 5.78. The molecule has 1 aliphatic rings. The molecule has 2 aromatic rings. The molecule has 1 aliphatic heterocycles. The number of halogens is 1. The van der Waals surface area contributed by atoms with E-state index in [1.54, 1.807) is 6.07 Å². The molecule has 2 aromatic carbocycles. The van der Waals surface area contributed by atoms with Crippen LogP contribution in [-0.2, 0) is 10.0 Å². The summed E-state index contributed by atoms with van der Waals surface area (Å²) in [5, 5.41) is 2.88. The minimum absolute atomic E-state index is 0.141. The molecule has 0 bridgehead atoms. The van der Waals surface area contributed by atoms with E-state index in [0.29, 0.717) is 18.1 Å². The second kappa shape index (κ2) is 7.43. The van der Waals surface area contributed by atoms with Gasteiger partial charge in [-0.2, -0.15) is 0 Å². The molecule has 0 unspecified atom stereocenters. The minimum atomic E-state index is -3.42. The maximum atomic E-state index is 12.3. The lowest BCUT2D eigenvalue weighted by molar-refractivity contribution is 0.0789. The van der Waals surface area contributed by atoms with Gasteiger partial charge in [0.2, 0.25) is 10.0 Å². The van der Waals surface area contributed by atoms with Crippen molar-refractivity contribution < 1.29 is 22.7 Å². The molecule has 7 nitrogen and oxygen atoms in total. The van der Waals surface area contributed by atoms with E-state index >= 15 is 0 Å². The van der Waals surface area contributed by atoms with E-state index in [-0.39, 0.29) is 34.8 Å². The molecule has 0 fully saturated rings. The van der Waals surface area contributed by atoms with Crippen LogP contribution in [0.15, 0.2) is 42.5 Å². The number of anilines is 1. The standard InChI is InChI=1S/C17H17ClN2O5S/c1-26(22,23)20-11-6-7-13(14(18)8-11)17(21)19-9-12-10-24-15-4-2-3-5-16(15)25-12/h2-8,12,20H,9-10H2,1H3,(H,19,21)/t12-/m1/s1. The van der Waals surface area contributed by atoms with E-state index in [1.165, 1.54) is 18.2 Å². The SMILES string of the molecule is CS(=O)(=O)Nc1ccc(C(=O)NC[C@@H]2COc3ccccc3O2)c(Cl)c1. The number of rotatable bonds is 5. The Morgan fingerprint density at radius 2 is 1.96 bits per heavy atom. The molecule has 0 aliphatic carbocycles. The number of fused-ring (bicyclic) bond motifs is 1. The van der Waals surface area contributed by atoms with Crippen LogP contribution in [0.4, 0.5) is 5.69 Å². The van der Waals surface area contributed by atoms with Gasteiger partial charge in [0.25, 0.3) is 5.91 Å². The van der Waals surface area contributed by atoms with Crippen LogP contribution in [0.3, 0.4) is 0 Å². The summed E-state index contributed by atoms with van der Waals surface area (Å²) >= 11 is 6.09. The van der Waals surface area contributed by atoms with Gasteiger partial charge in [-0.05, 0) is 30.3 Å². The topological polar surface area (TPSA) is 93.7 Å². The Kier molecular flexibility index (Phi) is 5.24. The highest BCUT2D eigenvalue weighted by molar-refractivity contribution is 7.92. The highest BCUT2D eigenvalue weighted by atomic mass is 35.5. The fraction of sp³-hybridized carbons (Fsp3) is 0.235. The average molecular weight is 397 g/mol. The Morgan fingerprint density at radius 1 is 1.23 bits per heavy atom. The van der Waals surface area contributed by atoms with Gasteiger partial charge in [0.15, 0.2) is 11.5 Å². The molecular weight excluding hydrogens is 380 g/mol. The average Bonchev–Trinajstić information content (AvgIpc) is 2.58. The van der Waals surface area contributed by atoms with Gasteiger partial charge in [0.05, 0.1) is 23.4 Å². The van der Waals surface area contributed by atoms with Crippen molar-refractivity contribution in [3.8, 4) is 11.5 Å². The number of carbonyl (C=O) groups is 1. The zero-order chi connectivity index (χ0) is 18.7. The first-order valence-corrected chi connectivity index (χ1v) is 10.0. The van der Waals surface area contributed by atoms with Crippen molar-refractivity contribution in [1.82, 2.24) is 5.32 Å². The van der Waals surface area contributed by atoms with E-state index < -0.39 is 10.0 Å². The van der Waals surface area contributed by atoms with Crippen molar-refractivity contribution >= 4 is 33.2 Å². The molecule has 3 rings (SSSR count). The van der Waals surface area contributed by atoms with Gasteiger partial charge in [-0.15, -0.1) is 0 Å². The Balaban J connectivity index is 1.60. The fourth-order valence-corrected chi connectivity index (χ4v) is 3.26. The number of ether oxygens (including phenoxy) is 2. The predicted octanol–water partition coefficient (Wildman–Crippen LogP) is 2.28. The lowest BCUT2D eigenvalue weighted by atomic mass is 10.2. The van der Waals surface area contributed by atoms with Gasteiger partial charge in [0.1, 0.15) is 12.7 Å². The maximum Gasteiger partial charge on any atom is 0.252 e. The van der Waals surface area contributed by atoms with Crippen LogP contribution in [0, 0.1) is 0 Å². The van der Waals surface area contributed by atoms with Crippen LogP contribution in [0.5, 0.6) is 11.5 Å². The first-order chi connectivity index (χ1) is 12.3. The van der Waals surface area contributed by atoms with E-state index in [4.69, 9.17) is 21.1 Å². The Labute approximate surface area is 156 Å². The summed E-state index contributed by atoms with van der Waals surface area (Å²) in [5.41, 5.74) is 0.525. The van der Waals surface area contributed by atoms with E-state index in [1.807, 2.05) is 18.2 Å². The van der Waals surface area contributed by atoms with Crippen LogP contribution >= 0.6 is 11.6 Å². The van der Waals surface area contributed by atoms with Crippen molar-refractivity contribution in [3.63, 3.8) is 0 Å². The third-order valence-electron chi connectivity index (χ3n) is 3.57. The number of sulfonamides is 1. The molecule has 138 valence electrons. The van der Waals surface area contributed by atoms with Crippen LogP contribution in [0.2, 0.25) is 5.02 Å². The van der Waals surface area contributed by atoms with Crippen LogP contribution in [0.1, 0.15) is 10.4 Å². The smallest absolute Gasteiger partial charge is 0.252 e. The van der Waals surface area contributed by atoms with Crippen LogP contribution in [-0.4, -0.2) is 39.8 Å². The second-order valence-corrected chi connectivity index (χ2v) is 7.93. The molecule has 0 spiro atoms. The molecule has 26 heavy (non-hydrogen) atoms.